The minimum atomic E-state index is -0.284. The molecule has 0 atom stereocenters. The molecule has 6 rings (SSSR count). The second kappa shape index (κ2) is 5.40. The van der Waals surface area contributed by atoms with Gasteiger partial charge in [0, 0.05) is 24.3 Å². The number of carbonyl (C=O) groups excluding carboxylic acids is 1. The lowest BCUT2D eigenvalue weighted by atomic mass is 9.46. The highest BCUT2D eigenvalue weighted by Gasteiger charge is 2.54. The molecular formula is C19H23N3O2S. The van der Waals surface area contributed by atoms with Crippen molar-refractivity contribution >= 4 is 22.2 Å². The Balaban J connectivity index is 1.36. The lowest BCUT2D eigenvalue weighted by molar-refractivity contribution is -0.0955. The molecule has 132 valence electrons. The Hall–Kier alpha value is -1.69. The van der Waals surface area contributed by atoms with E-state index in [2.05, 4.69) is 17.2 Å². The van der Waals surface area contributed by atoms with E-state index < -0.39 is 0 Å². The minimum absolute atomic E-state index is 0.142. The molecule has 0 aromatic carbocycles. The minimum Gasteiger partial charge on any atom is -0.351 e. The standard InChI is InChI=1S/C19H23N3O2S/c1-19(13-5-11-4-12(7-13)8-14(19)6-11)10-21-16(23)15-9-20-18-22(17(15)24)2-3-25-18/h2-3,9,11-14H,4-8,10H2,1H3,(H,21,23). The average Bonchev–Trinajstić information content (AvgIpc) is 3.07. The number of aromatic nitrogens is 2. The van der Waals surface area contributed by atoms with E-state index in [1.54, 1.807) is 11.6 Å². The topological polar surface area (TPSA) is 63.5 Å². The maximum absolute atomic E-state index is 12.6. The van der Waals surface area contributed by atoms with Crippen LogP contribution in [0.2, 0.25) is 0 Å². The molecule has 2 aromatic rings. The summed E-state index contributed by atoms with van der Waals surface area (Å²) in [4.78, 5) is 30.0. The van der Waals surface area contributed by atoms with Gasteiger partial charge in [0.15, 0.2) is 4.96 Å². The van der Waals surface area contributed by atoms with Gasteiger partial charge < -0.3 is 5.32 Å². The van der Waals surface area contributed by atoms with Gasteiger partial charge in [0.05, 0.1) is 0 Å². The van der Waals surface area contributed by atoms with Gasteiger partial charge in [-0.2, -0.15) is 0 Å². The van der Waals surface area contributed by atoms with Crippen molar-refractivity contribution in [3.8, 4) is 0 Å². The largest absolute Gasteiger partial charge is 0.351 e. The summed E-state index contributed by atoms with van der Waals surface area (Å²) in [7, 11) is 0. The highest BCUT2D eigenvalue weighted by molar-refractivity contribution is 7.15. The van der Waals surface area contributed by atoms with Crippen LogP contribution in [0.1, 0.15) is 49.4 Å². The summed E-state index contributed by atoms with van der Waals surface area (Å²) in [6, 6.07) is 0. The van der Waals surface area contributed by atoms with Crippen LogP contribution in [0, 0.1) is 29.1 Å². The maximum atomic E-state index is 12.6. The number of amides is 1. The quantitative estimate of drug-likeness (QED) is 0.919. The second-order valence-electron chi connectivity index (χ2n) is 8.53. The van der Waals surface area contributed by atoms with Crippen LogP contribution in [0.5, 0.6) is 0 Å². The van der Waals surface area contributed by atoms with Gasteiger partial charge in [-0.15, -0.1) is 11.3 Å². The van der Waals surface area contributed by atoms with E-state index in [4.69, 9.17) is 0 Å². The van der Waals surface area contributed by atoms with Gasteiger partial charge in [-0.1, -0.05) is 6.92 Å². The van der Waals surface area contributed by atoms with Crippen LogP contribution in [-0.2, 0) is 0 Å². The van der Waals surface area contributed by atoms with E-state index in [0.29, 0.717) is 11.5 Å². The molecule has 6 heteroatoms. The molecule has 4 aliphatic carbocycles. The molecule has 5 nitrogen and oxygen atoms in total. The highest BCUT2D eigenvalue weighted by atomic mass is 32.1. The number of carbonyl (C=O) groups is 1. The first-order chi connectivity index (χ1) is 12.0. The molecular weight excluding hydrogens is 334 g/mol. The fourth-order valence-electron chi connectivity index (χ4n) is 5.90. The summed E-state index contributed by atoms with van der Waals surface area (Å²) in [5.41, 5.74) is 0.0430. The Morgan fingerprint density at radius 3 is 2.64 bits per heavy atom. The van der Waals surface area contributed by atoms with E-state index in [0.717, 1.165) is 23.7 Å². The Morgan fingerprint density at radius 2 is 1.96 bits per heavy atom. The first kappa shape index (κ1) is 15.6. The van der Waals surface area contributed by atoms with Gasteiger partial charge in [0.2, 0.25) is 0 Å². The predicted molar refractivity (Wildman–Crippen MR) is 96.8 cm³/mol. The fraction of sp³-hybridized carbons (Fsp3) is 0.632. The van der Waals surface area contributed by atoms with E-state index in [-0.39, 0.29) is 22.4 Å². The van der Waals surface area contributed by atoms with Gasteiger partial charge in [0.1, 0.15) is 5.56 Å². The van der Waals surface area contributed by atoms with E-state index in [1.165, 1.54) is 54.0 Å². The van der Waals surface area contributed by atoms with Crippen LogP contribution in [0.3, 0.4) is 0 Å². The van der Waals surface area contributed by atoms with Crippen LogP contribution in [0.25, 0.3) is 4.96 Å². The molecule has 1 amide bonds. The van der Waals surface area contributed by atoms with Crippen LogP contribution < -0.4 is 10.9 Å². The number of hydrogen-bond donors (Lipinski definition) is 1. The van der Waals surface area contributed by atoms with Crippen LogP contribution in [0.15, 0.2) is 22.6 Å². The zero-order valence-corrected chi connectivity index (χ0v) is 15.2. The number of nitrogens with zero attached hydrogens (tertiary/aromatic N) is 2. The molecule has 4 bridgehead atoms. The number of nitrogens with one attached hydrogen (secondary N) is 1. The Bertz CT molecular complexity index is 871. The van der Waals surface area contributed by atoms with Gasteiger partial charge in [-0.25, -0.2) is 4.98 Å². The number of rotatable bonds is 3. The van der Waals surface area contributed by atoms with Crippen molar-refractivity contribution in [2.75, 3.05) is 6.54 Å². The Kier molecular flexibility index (Phi) is 3.36. The van der Waals surface area contributed by atoms with E-state index >= 15 is 0 Å². The van der Waals surface area contributed by atoms with Gasteiger partial charge in [0.25, 0.3) is 11.5 Å². The summed E-state index contributed by atoms with van der Waals surface area (Å²) in [5, 5.41) is 4.88. The predicted octanol–water partition coefficient (Wildman–Crippen LogP) is 2.95. The molecule has 25 heavy (non-hydrogen) atoms. The lowest BCUT2D eigenvalue weighted by Gasteiger charge is -2.60. The molecule has 4 saturated carbocycles. The summed E-state index contributed by atoms with van der Waals surface area (Å²) >= 11 is 1.39. The van der Waals surface area contributed by atoms with Gasteiger partial charge in [-0.3, -0.25) is 14.0 Å². The number of fused-ring (bicyclic) bond motifs is 1. The van der Waals surface area contributed by atoms with E-state index in [1.807, 2.05) is 0 Å². The summed E-state index contributed by atoms with van der Waals surface area (Å²) in [6.07, 6.45) is 9.82. The number of thiazole rings is 1. The first-order valence-corrected chi connectivity index (χ1v) is 10.2. The molecule has 0 unspecified atom stereocenters. The lowest BCUT2D eigenvalue weighted by Crippen LogP contribution is -2.56. The zero-order chi connectivity index (χ0) is 17.2. The monoisotopic (exact) mass is 357 g/mol. The van der Waals surface area contributed by atoms with Crippen molar-refractivity contribution in [3.63, 3.8) is 0 Å². The molecule has 2 aromatic heterocycles. The van der Waals surface area contributed by atoms with Gasteiger partial charge >= 0.3 is 0 Å². The molecule has 4 aliphatic rings. The molecule has 0 radical (unpaired) electrons. The third-order valence-electron chi connectivity index (χ3n) is 7.22. The molecule has 0 saturated heterocycles. The van der Waals surface area contributed by atoms with Crippen molar-refractivity contribution in [2.45, 2.75) is 39.0 Å². The van der Waals surface area contributed by atoms with Crippen molar-refractivity contribution in [2.24, 2.45) is 29.1 Å². The van der Waals surface area contributed by atoms with Crippen molar-refractivity contribution in [1.82, 2.24) is 14.7 Å². The summed E-state index contributed by atoms with van der Waals surface area (Å²) in [6.45, 7) is 3.03. The molecule has 1 N–H and O–H groups in total. The highest BCUT2D eigenvalue weighted by Crippen LogP contribution is 2.61. The summed E-state index contributed by atoms with van der Waals surface area (Å²) in [5.74, 6) is 3.00. The Morgan fingerprint density at radius 1 is 1.28 bits per heavy atom. The van der Waals surface area contributed by atoms with Gasteiger partial charge in [-0.05, 0) is 61.2 Å². The van der Waals surface area contributed by atoms with Crippen molar-refractivity contribution in [3.05, 3.63) is 33.7 Å². The third kappa shape index (κ3) is 2.30. The van der Waals surface area contributed by atoms with Crippen LogP contribution >= 0.6 is 11.3 Å². The van der Waals surface area contributed by atoms with E-state index in [9.17, 15) is 9.59 Å². The summed E-state index contributed by atoms with van der Waals surface area (Å²) < 4.78 is 1.45. The smallest absolute Gasteiger partial charge is 0.271 e. The number of hydrogen-bond acceptors (Lipinski definition) is 4. The first-order valence-electron chi connectivity index (χ1n) is 9.27. The van der Waals surface area contributed by atoms with Crippen LogP contribution in [0.4, 0.5) is 0 Å². The SMILES string of the molecule is CC1(CNC(=O)c2cnc3sccn3c2=O)C2CC3CC(C2)CC1C3. The average molecular weight is 357 g/mol. The second-order valence-corrected chi connectivity index (χ2v) is 9.40. The molecule has 0 aliphatic heterocycles. The fourth-order valence-corrected chi connectivity index (χ4v) is 6.57. The maximum Gasteiger partial charge on any atom is 0.271 e. The molecule has 4 fully saturated rings. The van der Waals surface area contributed by atoms with Crippen molar-refractivity contribution < 1.29 is 4.79 Å². The van der Waals surface area contributed by atoms with Crippen LogP contribution in [-0.4, -0.2) is 21.8 Å². The Labute approximate surface area is 150 Å². The van der Waals surface area contributed by atoms with Crippen molar-refractivity contribution in [1.29, 1.82) is 0 Å². The molecule has 2 heterocycles. The zero-order valence-electron chi connectivity index (χ0n) is 14.4. The molecule has 0 spiro atoms. The normalized spacial score (nSPS) is 36.0. The third-order valence-corrected chi connectivity index (χ3v) is 7.99.